The molecule has 1 aromatic rings. The average molecular weight is 211 g/mol. The van der Waals surface area contributed by atoms with Crippen LogP contribution in [0.25, 0.3) is 0 Å². The van der Waals surface area contributed by atoms with E-state index in [1.54, 1.807) is 0 Å². The Morgan fingerprint density at radius 1 is 1.47 bits per heavy atom. The molecule has 1 atom stereocenters. The standard InChI is InChI=1S/C10H17N3O2/c1-7(11)6-9-12-10(15-13-9)8-2-4-14-5-3-8/h7-8H,2-6,11H2,1H3. The molecule has 0 bridgehead atoms. The lowest BCUT2D eigenvalue weighted by molar-refractivity contribution is 0.0778. The Bertz CT molecular complexity index is 305. The van der Waals surface area contributed by atoms with E-state index in [-0.39, 0.29) is 6.04 Å². The van der Waals surface area contributed by atoms with Gasteiger partial charge in [-0.25, -0.2) is 0 Å². The number of hydrogen-bond donors (Lipinski definition) is 1. The van der Waals surface area contributed by atoms with Gasteiger partial charge in [0.05, 0.1) is 0 Å². The highest BCUT2D eigenvalue weighted by atomic mass is 16.5. The van der Waals surface area contributed by atoms with E-state index in [0.717, 1.165) is 31.9 Å². The number of nitrogens with zero attached hydrogens (tertiary/aromatic N) is 2. The molecule has 5 heteroatoms. The molecule has 0 aromatic carbocycles. The molecule has 15 heavy (non-hydrogen) atoms. The van der Waals surface area contributed by atoms with E-state index in [4.69, 9.17) is 15.0 Å². The maximum Gasteiger partial charge on any atom is 0.229 e. The van der Waals surface area contributed by atoms with Crippen LogP contribution in [-0.2, 0) is 11.2 Å². The van der Waals surface area contributed by atoms with Crippen molar-refractivity contribution in [2.24, 2.45) is 5.73 Å². The normalized spacial score (nSPS) is 20.4. The van der Waals surface area contributed by atoms with E-state index in [9.17, 15) is 0 Å². The summed E-state index contributed by atoms with van der Waals surface area (Å²) in [4.78, 5) is 4.36. The molecule has 1 aliphatic heterocycles. The molecule has 1 fully saturated rings. The van der Waals surface area contributed by atoms with Crippen LogP contribution in [0, 0.1) is 0 Å². The fraction of sp³-hybridized carbons (Fsp3) is 0.800. The van der Waals surface area contributed by atoms with Gasteiger partial charge in [-0.3, -0.25) is 0 Å². The van der Waals surface area contributed by atoms with Crippen molar-refractivity contribution < 1.29 is 9.26 Å². The van der Waals surface area contributed by atoms with Gasteiger partial charge in [0, 0.05) is 31.6 Å². The summed E-state index contributed by atoms with van der Waals surface area (Å²) in [5, 5.41) is 3.92. The van der Waals surface area contributed by atoms with Crippen LogP contribution in [0.4, 0.5) is 0 Å². The Hall–Kier alpha value is -0.940. The van der Waals surface area contributed by atoms with Gasteiger partial charge in [-0.15, -0.1) is 0 Å². The molecule has 84 valence electrons. The van der Waals surface area contributed by atoms with Crippen LogP contribution in [0.1, 0.15) is 37.4 Å². The van der Waals surface area contributed by atoms with Gasteiger partial charge in [-0.2, -0.15) is 4.98 Å². The van der Waals surface area contributed by atoms with Gasteiger partial charge in [0.25, 0.3) is 0 Å². The molecular weight excluding hydrogens is 194 g/mol. The topological polar surface area (TPSA) is 74.2 Å². The summed E-state index contributed by atoms with van der Waals surface area (Å²) < 4.78 is 10.5. The SMILES string of the molecule is CC(N)Cc1noc(C2CCOCC2)n1. The van der Waals surface area contributed by atoms with Crippen molar-refractivity contribution in [3.63, 3.8) is 0 Å². The van der Waals surface area contributed by atoms with E-state index >= 15 is 0 Å². The molecule has 1 unspecified atom stereocenters. The largest absolute Gasteiger partial charge is 0.381 e. The predicted octanol–water partition coefficient (Wildman–Crippen LogP) is 0.853. The summed E-state index contributed by atoms with van der Waals surface area (Å²) in [6.07, 6.45) is 2.62. The zero-order chi connectivity index (χ0) is 10.7. The highest BCUT2D eigenvalue weighted by Gasteiger charge is 2.21. The highest BCUT2D eigenvalue weighted by molar-refractivity contribution is 4.96. The van der Waals surface area contributed by atoms with Crippen LogP contribution in [0.2, 0.25) is 0 Å². The van der Waals surface area contributed by atoms with Crippen molar-refractivity contribution in [3.8, 4) is 0 Å². The summed E-state index contributed by atoms with van der Waals surface area (Å²) in [6, 6.07) is 0.0742. The first-order valence-corrected chi connectivity index (χ1v) is 5.41. The maximum absolute atomic E-state index is 5.67. The van der Waals surface area contributed by atoms with Crippen LogP contribution < -0.4 is 5.73 Å². The van der Waals surface area contributed by atoms with Crippen molar-refractivity contribution in [1.29, 1.82) is 0 Å². The molecule has 2 N–H and O–H groups in total. The Labute approximate surface area is 89.0 Å². The van der Waals surface area contributed by atoms with Crippen molar-refractivity contribution in [2.45, 2.75) is 38.1 Å². The van der Waals surface area contributed by atoms with Gasteiger partial charge in [0.1, 0.15) is 0 Å². The van der Waals surface area contributed by atoms with Gasteiger partial charge < -0.3 is 15.0 Å². The smallest absolute Gasteiger partial charge is 0.229 e. The molecule has 0 radical (unpaired) electrons. The maximum atomic E-state index is 5.67. The second-order valence-electron chi connectivity index (χ2n) is 4.12. The number of rotatable bonds is 3. The average Bonchev–Trinajstić information content (AvgIpc) is 2.67. The second-order valence-corrected chi connectivity index (χ2v) is 4.12. The fourth-order valence-corrected chi connectivity index (χ4v) is 1.75. The highest BCUT2D eigenvalue weighted by Crippen LogP contribution is 2.25. The van der Waals surface area contributed by atoms with E-state index < -0.39 is 0 Å². The molecule has 1 saturated heterocycles. The molecule has 0 aliphatic carbocycles. The molecule has 2 heterocycles. The van der Waals surface area contributed by atoms with Crippen LogP contribution in [-0.4, -0.2) is 29.4 Å². The third kappa shape index (κ3) is 2.76. The molecule has 0 saturated carbocycles. The van der Waals surface area contributed by atoms with Gasteiger partial charge in [-0.05, 0) is 19.8 Å². The number of ether oxygens (including phenoxy) is 1. The first-order chi connectivity index (χ1) is 7.25. The summed E-state index contributed by atoms with van der Waals surface area (Å²) >= 11 is 0. The van der Waals surface area contributed by atoms with Gasteiger partial charge in [0.15, 0.2) is 5.82 Å². The molecule has 2 rings (SSSR count). The van der Waals surface area contributed by atoms with Crippen LogP contribution >= 0.6 is 0 Å². The van der Waals surface area contributed by atoms with E-state index in [1.807, 2.05) is 6.92 Å². The molecule has 5 nitrogen and oxygen atoms in total. The van der Waals surface area contributed by atoms with Crippen molar-refractivity contribution in [1.82, 2.24) is 10.1 Å². The minimum absolute atomic E-state index is 0.0742. The Morgan fingerprint density at radius 2 is 2.20 bits per heavy atom. The van der Waals surface area contributed by atoms with Crippen molar-refractivity contribution in [2.75, 3.05) is 13.2 Å². The predicted molar refractivity (Wildman–Crippen MR) is 54.4 cm³/mol. The summed E-state index contributed by atoms with van der Waals surface area (Å²) in [7, 11) is 0. The summed E-state index contributed by atoms with van der Waals surface area (Å²) in [5.41, 5.74) is 5.67. The number of hydrogen-bond acceptors (Lipinski definition) is 5. The molecular formula is C10H17N3O2. The van der Waals surface area contributed by atoms with Gasteiger partial charge >= 0.3 is 0 Å². The summed E-state index contributed by atoms with van der Waals surface area (Å²) in [6.45, 7) is 3.51. The minimum Gasteiger partial charge on any atom is -0.381 e. The third-order valence-corrected chi connectivity index (χ3v) is 2.56. The zero-order valence-electron chi connectivity index (χ0n) is 8.98. The Balaban J connectivity index is 1.99. The summed E-state index contributed by atoms with van der Waals surface area (Å²) in [5.74, 6) is 1.83. The lowest BCUT2D eigenvalue weighted by atomic mass is 10.0. The Kier molecular flexibility index (Phi) is 3.33. The first-order valence-electron chi connectivity index (χ1n) is 5.41. The lowest BCUT2D eigenvalue weighted by Gasteiger charge is -2.17. The Morgan fingerprint density at radius 3 is 2.87 bits per heavy atom. The van der Waals surface area contributed by atoms with Crippen LogP contribution in [0.3, 0.4) is 0 Å². The van der Waals surface area contributed by atoms with Crippen LogP contribution in [0.5, 0.6) is 0 Å². The first kappa shape index (κ1) is 10.6. The second kappa shape index (κ2) is 4.72. The van der Waals surface area contributed by atoms with Gasteiger partial charge in [0.2, 0.25) is 5.89 Å². The quantitative estimate of drug-likeness (QED) is 0.802. The van der Waals surface area contributed by atoms with E-state index in [1.165, 1.54) is 0 Å². The van der Waals surface area contributed by atoms with Gasteiger partial charge in [-0.1, -0.05) is 5.16 Å². The van der Waals surface area contributed by atoms with E-state index in [2.05, 4.69) is 10.1 Å². The number of nitrogens with two attached hydrogens (primary N) is 1. The fourth-order valence-electron chi connectivity index (χ4n) is 1.75. The van der Waals surface area contributed by atoms with Crippen molar-refractivity contribution >= 4 is 0 Å². The monoisotopic (exact) mass is 211 g/mol. The number of aromatic nitrogens is 2. The molecule has 1 aromatic heterocycles. The molecule has 0 amide bonds. The molecule has 0 spiro atoms. The lowest BCUT2D eigenvalue weighted by Crippen LogP contribution is -2.18. The minimum atomic E-state index is 0.0742. The van der Waals surface area contributed by atoms with Crippen molar-refractivity contribution in [3.05, 3.63) is 11.7 Å². The third-order valence-electron chi connectivity index (χ3n) is 2.56. The van der Waals surface area contributed by atoms with E-state index in [0.29, 0.717) is 18.2 Å². The zero-order valence-corrected chi connectivity index (χ0v) is 8.98. The molecule has 1 aliphatic rings. The van der Waals surface area contributed by atoms with Crippen LogP contribution in [0.15, 0.2) is 4.52 Å².